The molecule has 15 nitrogen and oxygen atoms in total. The first-order chi connectivity index (χ1) is 25.1. The van der Waals surface area contributed by atoms with Gasteiger partial charge in [0.25, 0.3) is 11.8 Å². The predicted molar refractivity (Wildman–Crippen MR) is 192 cm³/mol. The van der Waals surface area contributed by atoms with E-state index in [0.717, 1.165) is 11.8 Å². The van der Waals surface area contributed by atoms with Gasteiger partial charge in [-0.15, -0.1) is 0 Å². The lowest BCUT2D eigenvalue weighted by atomic mass is 10.1. The molecule has 0 saturated carbocycles. The third kappa shape index (κ3) is 10.4. The highest BCUT2D eigenvalue weighted by atomic mass is 32.2. The summed E-state index contributed by atoms with van der Waals surface area (Å²) < 4.78 is 10.0. The van der Waals surface area contributed by atoms with Gasteiger partial charge in [-0.3, -0.25) is 19.2 Å². The molecule has 3 aromatic rings. The Bertz CT molecular complexity index is 1790. The fourth-order valence-corrected chi connectivity index (χ4v) is 5.70. The van der Waals surface area contributed by atoms with Gasteiger partial charge >= 0.3 is 11.9 Å². The topological polar surface area (TPSA) is 198 Å². The van der Waals surface area contributed by atoms with E-state index in [0.29, 0.717) is 18.0 Å². The molecule has 0 spiro atoms. The van der Waals surface area contributed by atoms with E-state index in [9.17, 15) is 28.8 Å². The van der Waals surface area contributed by atoms with Crippen molar-refractivity contribution in [2.45, 2.75) is 56.4 Å². The standard InChI is InChI=1S/C36H41N7O8S/c1-5-51-34(48)25-20-38-36(52-4)42-29(25)37-21-27(41-30(44)24-15-10-7-11-16-24)31(45)39-22(2)33(47)43-18-12-17-28(43)32(46)40-26(35(49)50-3)19-23-13-8-6-9-14-23/h6-11,13-16,20-22,26,28H,5,12,17-19H2,1-4H3,(H,39,45)(H,40,46)(H,41,44)(H,37,38,42)/b27-21-/t22?,26-,28?/m0/s1. The molecule has 2 aromatic carbocycles. The van der Waals surface area contributed by atoms with E-state index in [1.54, 1.807) is 43.5 Å². The Kier molecular flexibility index (Phi) is 14.3. The third-order valence-electron chi connectivity index (χ3n) is 7.97. The molecule has 16 heteroatoms. The minimum absolute atomic E-state index is 0.00912. The number of carbonyl (C=O) groups is 6. The largest absolute Gasteiger partial charge is 0.467 e. The van der Waals surface area contributed by atoms with Gasteiger partial charge in [0, 0.05) is 30.9 Å². The number of rotatable bonds is 15. The van der Waals surface area contributed by atoms with Crippen molar-refractivity contribution in [2.24, 2.45) is 0 Å². The highest BCUT2D eigenvalue weighted by molar-refractivity contribution is 7.98. The van der Waals surface area contributed by atoms with Gasteiger partial charge in [-0.1, -0.05) is 60.3 Å². The van der Waals surface area contributed by atoms with Crippen LogP contribution in [-0.2, 0) is 35.1 Å². The van der Waals surface area contributed by atoms with Crippen LogP contribution in [0.1, 0.15) is 53.0 Å². The molecule has 1 aliphatic rings. The number of nitrogens with zero attached hydrogens (tertiary/aromatic N) is 3. The monoisotopic (exact) mass is 731 g/mol. The Labute approximate surface area is 305 Å². The van der Waals surface area contributed by atoms with Crippen LogP contribution in [0, 0.1) is 0 Å². The number of benzene rings is 2. The third-order valence-corrected chi connectivity index (χ3v) is 8.53. The molecule has 0 bridgehead atoms. The first-order valence-corrected chi connectivity index (χ1v) is 17.7. The molecule has 2 heterocycles. The van der Waals surface area contributed by atoms with Crippen molar-refractivity contribution < 1.29 is 38.2 Å². The van der Waals surface area contributed by atoms with Crippen LogP contribution in [0.15, 0.2) is 83.9 Å². The molecular weight excluding hydrogens is 691 g/mol. The molecule has 52 heavy (non-hydrogen) atoms. The van der Waals surface area contributed by atoms with Crippen LogP contribution in [0.25, 0.3) is 0 Å². The first-order valence-electron chi connectivity index (χ1n) is 16.5. The Morgan fingerprint density at radius 1 is 1.02 bits per heavy atom. The van der Waals surface area contributed by atoms with Crippen molar-refractivity contribution in [1.29, 1.82) is 0 Å². The van der Waals surface area contributed by atoms with Gasteiger partial charge in [-0.05, 0) is 50.6 Å². The number of likely N-dealkylation sites (tertiary alicyclic amines) is 1. The number of amides is 4. The smallest absolute Gasteiger partial charge is 0.343 e. The van der Waals surface area contributed by atoms with E-state index < -0.39 is 53.7 Å². The SMILES string of the molecule is CCOC(=O)c1cnc(SC)nc1N/C=C(\NC(=O)c1ccccc1)C(=O)NC(C)C(=O)N1CCCC1C(=O)N[C@@H](Cc1ccccc1)C(=O)OC. The molecule has 274 valence electrons. The lowest BCUT2D eigenvalue weighted by Crippen LogP contribution is -2.55. The zero-order chi connectivity index (χ0) is 37.6. The van der Waals surface area contributed by atoms with Crippen LogP contribution in [0.4, 0.5) is 5.82 Å². The van der Waals surface area contributed by atoms with Gasteiger partial charge < -0.3 is 35.6 Å². The molecule has 4 rings (SSSR count). The normalized spacial score (nSPS) is 15.1. The second-order valence-corrected chi connectivity index (χ2v) is 12.3. The summed E-state index contributed by atoms with van der Waals surface area (Å²) in [5.74, 6) is -3.84. The summed E-state index contributed by atoms with van der Waals surface area (Å²) >= 11 is 1.22. The number of nitrogens with one attached hydrogen (secondary N) is 4. The second-order valence-electron chi connectivity index (χ2n) is 11.5. The summed E-state index contributed by atoms with van der Waals surface area (Å²) in [6.45, 7) is 3.45. The van der Waals surface area contributed by atoms with Crippen molar-refractivity contribution >= 4 is 53.1 Å². The first kappa shape index (κ1) is 39.0. The van der Waals surface area contributed by atoms with Crippen LogP contribution < -0.4 is 21.3 Å². The van der Waals surface area contributed by atoms with Crippen molar-refractivity contribution in [3.8, 4) is 0 Å². The van der Waals surface area contributed by atoms with E-state index in [-0.39, 0.29) is 42.2 Å². The quantitative estimate of drug-likeness (QED) is 0.0772. The van der Waals surface area contributed by atoms with E-state index >= 15 is 0 Å². The van der Waals surface area contributed by atoms with Crippen molar-refractivity contribution in [2.75, 3.05) is 31.8 Å². The van der Waals surface area contributed by atoms with Gasteiger partial charge in [-0.2, -0.15) is 0 Å². The van der Waals surface area contributed by atoms with Crippen molar-refractivity contribution in [3.05, 3.63) is 95.4 Å². The number of hydrogen-bond acceptors (Lipinski definition) is 12. The molecule has 0 radical (unpaired) electrons. The summed E-state index contributed by atoms with van der Waals surface area (Å²) in [4.78, 5) is 89.0. The van der Waals surface area contributed by atoms with Crippen LogP contribution in [0.2, 0.25) is 0 Å². The van der Waals surface area contributed by atoms with Crippen LogP contribution >= 0.6 is 11.8 Å². The molecule has 1 aromatic heterocycles. The maximum absolute atomic E-state index is 13.7. The fourth-order valence-electron chi connectivity index (χ4n) is 5.36. The minimum atomic E-state index is -1.14. The Balaban J connectivity index is 1.52. The lowest BCUT2D eigenvalue weighted by Gasteiger charge is -2.28. The second kappa shape index (κ2) is 19.0. The Hall–Kier alpha value is -5.77. The average molecular weight is 732 g/mol. The molecule has 1 saturated heterocycles. The molecule has 0 aliphatic carbocycles. The van der Waals surface area contributed by atoms with Crippen LogP contribution in [0.5, 0.6) is 0 Å². The number of ether oxygens (including phenoxy) is 2. The molecule has 2 unspecified atom stereocenters. The van der Waals surface area contributed by atoms with Gasteiger partial charge in [-0.25, -0.2) is 19.6 Å². The maximum atomic E-state index is 13.7. The number of aromatic nitrogens is 2. The number of methoxy groups -OCH3 is 1. The van der Waals surface area contributed by atoms with E-state index in [4.69, 9.17) is 9.47 Å². The fraction of sp³-hybridized carbons (Fsp3) is 0.333. The zero-order valence-electron chi connectivity index (χ0n) is 29.2. The van der Waals surface area contributed by atoms with Crippen molar-refractivity contribution in [1.82, 2.24) is 30.8 Å². The molecule has 3 atom stereocenters. The molecular formula is C36H41N7O8S. The summed E-state index contributed by atoms with van der Waals surface area (Å²) in [7, 11) is 1.23. The van der Waals surface area contributed by atoms with E-state index in [2.05, 4.69) is 31.2 Å². The average Bonchev–Trinajstić information content (AvgIpc) is 3.66. The van der Waals surface area contributed by atoms with E-state index in [1.807, 2.05) is 30.3 Å². The van der Waals surface area contributed by atoms with Crippen LogP contribution in [0.3, 0.4) is 0 Å². The summed E-state index contributed by atoms with van der Waals surface area (Å²) in [5, 5.41) is 11.0. The van der Waals surface area contributed by atoms with Gasteiger partial charge in [0.2, 0.25) is 11.8 Å². The maximum Gasteiger partial charge on any atom is 0.343 e. The highest BCUT2D eigenvalue weighted by Crippen LogP contribution is 2.20. The van der Waals surface area contributed by atoms with Crippen LogP contribution in [-0.4, -0.2) is 95.1 Å². The highest BCUT2D eigenvalue weighted by Gasteiger charge is 2.38. The number of hydrogen-bond donors (Lipinski definition) is 4. The minimum Gasteiger partial charge on any atom is -0.467 e. The van der Waals surface area contributed by atoms with Gasteiger partial charge in [0.1, 0.15) is 35.2 Å². The molecule has 1 aliphatic heterocycles. The zero-order valence-corrected chi connectivity index (χ0v) is 30.0. The molecule has 4 amide bonds. The Morgan fingerprint density at radius 3 is 2.37 bits per heavy atom. The van der Waals surface area contributed by atoms with Crippen molar-refractivity contribution in [3.63, 3.8) is 0 Å². The molecule has 1 fully saturated rings. The summed E-state index contributed by atoms with van der Waals surface area (Å²) in [6, 6.07) is 14.3. The number of esters is 2. The number of anilines is 1. The lowest BCUT2D eigenvalue weighted by molar-refractivity contribution is -0.146. The summed E-state index contributed by atoms with van der Waals surface area (Å²) in [5.41, 5.74) is 0.760. The summed E-state index contributed by atoms with van der Waals surface area (Å²) in [6.07, 6.45) is 5.24. The Morgan fingerprint density at radius 2 is 1.71 bits per heavy atom. The number of carbonyl (C=O) groups excluding carboxylic acids is 6. The van der Waals surface area contributed by atoms with Gasteiger partial charge in [0.15, 0.2) is 5.16 Å². The van der Waals surface area contributed by atoms with Gasteiger partial charge in [0.05, 0.1) is 13.7 Å². The van der Waals surface area contributed by atoms with E-state index in [1.165, 1.54) is 36.9 Å². The predicted octanol–water partition coefficient (Wildman–Crippen LogP) is 2.45. The molecule has 4 N–H and O–H groups in total. The number of thioether (sulfide) groups is 1.